The molecular formula is C10H12O13. The predicted molar refractivity (Wildman–Crippen MR) is 61.8 cm³/mol. The fourth-order valence-electron chi connectivity index (χ4n) is 1.18. The zero-order valence-electron chi connectivity index (χ0n) is 11.0. The number of ether oxygens (including phenoxy) is 1. The Bertz CT molecular complexity index is 511. The number of carboxylic acid groups (broad SMARTS) is 3. The Balaban J connectivity index is 5.18. The fraction of sp³-hybridized carbons (Fsp3) is 0.500. The van der Waals surface area contributed by atoms with Crippen LogP contribution < -0.4 is 0 Å². The van der Waals surface area contributed by atoms with Gasteiger partial charge in [0.25, 0.3) is 5.78 Å². The molecule has 13 heteroatoms. The topological polar surface area (TPSA) is 236 Å². The van der Waals surface area contributed by atoms with Crippen molar-refractivity contribution >= 4 is 29.7 Å². The van der Waals surface area contributed by atoms with Crippen LogP contribution in [0.25, 0.3) is 0 Å². The quantitative estimate of drug-likeness (QED) is 0.118. The third-order valence-electron chi connectivity index (χ3n) is 2.40. The Morgan fingerprint density at radius 3 is 1.52 bits per heavy atom. The van der Waals surface area contributed by atoms with Crippen molar-refractivity contribution in [3.8, 4) is 0 Å². The maximum Gasteiger partial charge on any atom is 0.379 e. The van der Waals surface area contributed by atoms with Crippen molar-refractivity contribution in [2.24, 2.45) is 0 Å². The molecule has 5 atom stereocenters. The third-order valence-corrected chi connectivity index (χ3v) is 2.40. The number of esters is 1. The Morgan fingerprint density at radius 1 is 0.696 bits per heavy atom. The summed E-state index contributed by atoms with van der Waals surface area (Å²) >= 11 is 0. The summed E-state index contributed by atoms with van der Waals surface area (Å²) in [6.45, 7) is 0. The molecule has 0 spiro atoms. The predicted octanol–water partition coefficient (Wildman–Crippen LogP) is -4.84. The summed E-state index contributed by atoms with van der Waals surface area (Å²) in [6, 6.07) is 0. The van der Waals surface area contributed by atoms with Crippen molar-refractivity contribution in [2.45, 2.75) is 30.5 Å². The van der Waals surface area contributed by atoms with Crippen LogP contribution in [0.5, 0.6) is 0 Å². The van der Waals surface area contributed by atoms with Crippen LogP contribution in [0.15, 0.2) is 0 Å². The molecule has 0 rings (SSSR count). The zero-order valence-corrected chi connectivity index (χ0v) is 11.0. The van der Waals surface area contributed by atoms with Crippen LogP contribution in [0.1, 0.15) is 0 Å². The van der Waals surface area contributed by atoms with E-state index in [0.29, 0.717) is 0 Å². The van der Waals surface area contributed by atoms with E-state index in [0.717, 1.165) is 0 Å². The lowest BCUT2D eigenvalue weighted by molar-refractivity contribution is -0.187. The highest BCUT2D eigenvalue weighted by atomic mass is 16.6. The van der Waals surface area contributed by atoms with Gasteiger partial charge in [-0.15, -0.1) is 0 Å². The minimum Gasteiger partial charge on any atom is -0.479 e. The van der Waals surface area contributed by atoms with Gasteiger partial charge in [0.1, 0.15) is 12.2 Å². The second kappa shape index (κ2) is 8.14. The molecule has 130 valence electrons. The van der Waals surface area contributed by atoms with Crippen molar-refractivity contribution in [3.05, 3.63) is 0 Å². The van der Waals surface area contributed by atoms with E-state index >= 15 is 0 Å². The molecule has 0 heterocycles. The number of carboxylic acids is 3. The van der Waals surface area contributed by atoms with Gasteiger partial charge in [-0.1, -0.05) is 0 Å². The number of aliphatic hydroxyl groups is 4. The van der Waals surface area contributed by atoms with Gasteiger partial charge in [-0.25, -0.2) is 19.2 Å². The molecule has 0 bridgehead atoms. The highest BCUT2D eigenvalue weighted by Crippen LogP contribution is 2.10. The van der Waals surface area contributed by atoms with Gasteiger partial charge in [0, 0.05) is 0 Å². The first-order valence-corrected chi connectivity index (χ1v) is 5.57. The summed E-state index contributed by atoms with van der Waals surface area (Å²) in [5.41, 5.74) is 0. The molecule has 0 aliphatic heterocycles. The SMILES string of the molecule is O=C(O[C@@H](C(=O)O)[C@@H](O)[C@H](O)[C@H](O)C(=O)O)C(=O)C(O)C(=O)O. The summed E-state index contributed by atoms with van der Waals surface area (Å²) in [5.74, 6) is -10.6. The van der Waals surface area contributed by atoms with Crippen molar-refractivity contribution in [3.63, 3.8) is 0 Å². The number of hydrogen-bond donors (Lipinski definition) is 7. The molecule has 0 aromatic rings. The van der Waals surface area contributed by atoms with Crippen molar-refractivity contribution in [1.82, 2.24) is 0 Å². The van der Waals surface area contributed by atoms with Crippen LogP contribution in [-0.2, 0) is 28.7 Å². The molecule has 7 N–H and O–H groups in total. The first kappa shape index (κ1) is 20.4. The Hall–Kier alpha value is -2.61. The second-order valence-electron chi connectivity index (χ2n) is 4.03. The minimum absolute atomic E-state index is 2.04. The maximum absolute atomic E-state index is 11.2. The fourth-order valence-corrected chi connectivity index (χ4v) is 1.18. The highest BCUT2D eigenvalue weighted by Gasteiger charge is 2.42. The number of aliphatic hydroxyl groups excluding tert-OH is 4. The number of ketones is 1. The highest BCUT2D eigenvalue weighted by molar-refractivity contribution is 6.39. The van der Waals surface area contributed by atoms with Gasteiger partial charge < -0.3 is 40.5 Å². The largest absolute Gasteiger partial charge is 0.479 e. The second-order valence-corrected chi connectivity index (χ2v) is 4.03. The molecule has 0 radical (unpaired) electrons. The van der Waals surface area contributed by atoms with Gasteiger partial charge in [-0.3, -0.25) is 4.79 Å². The number of rotatable bonds is 9. The average molecular weight is 340 g/mol. The van der Waals surface area contributed by atoms with Crippen LogP contribution >= 0.6 is 0 Å². The van der Waals surface area contributed by atoms with Crippen molar-refractivity contribution in [2.75, 3.05) is 0 Å². The lowest BCUT2D eigenvalue weighted by atomic mass is 10.0. The first-order valence-electron chi connectivity index (χ1n) is 5.57. The van der Waals surface area contributed by atoms with E-state index in [1.165, 1.54) is 0 Å². The molecule has 0 fully saturated rings. The van der Waals surface area contributed by atoms with Gasteiger partial charge in [0.15, 0.2) is 6.10 Å². The number of Topliss-reactive ketones (excluding diaryl/α,β-unsaturated/α-hetero) is 1. The summed E-state index contributed by atoms with van der Waals surface area (Å²) in [6.07, 6.45) is -13.5. The van der Waals surface area contributed by atoms with Gasteiger partial charge in [0.05, 0.1) is 0 Å². The molecule has 0 amide bonds. The van der Waals surface area contributed by atoms with Crippen molar-refractivity contribution < 1.29 is 64.5 Å². The molecule has 0 aliphatic rings. The minimum atomic E-state index is -2.86. The van der Waals surface area contributed by atoms with Gasteiger partial charge >= 0.3 is 23.9 Å². The maximum atomic E-state index is 11.2. The van der Waals surface area contributed by atoms with E-state index in [-0.39, 0.29) is 0 Å². The first-order chi connectivity index (χ1) is 10.4. The van der Waals surface area contributed by atoms with Crippen LogP contribution in [0, 0.1) is 0 Å². The summed E-state index contributed by atoms with van der Waals surface area (Å²) < 4.78 is 3.93. The van der Waals surface area contributed by atoms with Gasteiger partial charge in [-0.05, 0) is 0 Å². The van der Waals surface area contributed by atoms with E-state index in [9.17, 15) is 34.2 Å². The number of hydrogen-bond acceptors (Lipinski definition) is 10. The lowest BCUT2D eigenvalue weighted by Gasteiger charge is -2.25. The normalized spacial score (nSPS) is 17.2. The van der Waals surface area contributed by atoms with Crippen LogP contribution in [0.4, 0.5) is 0 Å². The molecule has 0 saturated heterocycles. The molecule has 0 aromatic carbocycles. The number of aliphatic carboxylic acids is 3. The van der Waals surface area contributed by atoms with E-state index in [1.807, 2.05) is 0 Å². The van der Waals surface area contributed by atoms with E-state index < -0.39 is 60.2 Å². The summed E-state index contributed by atoms with van der Waals surface area (Å²) in [4.78, 5) is 53.8. The monoisotopic (exact) mass is 340 g/mol. The Morgan fingerprint density at radius 2 is 1.17 bits per heavy atom. The van der Waals surface area contributed by atoms with Crippen LogP contribution in [-0.4, -0.2) is 95.9 Å². The number of carbonyl (C=O) groups is 5. The van der Waals surface area contributed by atoms with Crippen molar-refractivity contribution in [1.29, 1.82) is 0 Å². The lowest BCUT2D eigenvalue weighted by Crippen LogP contribution is -2.52. The molecule has 0 aromatic heterocycles. The zero-order chi connectivity index (χ0) is 18.5. The number of carbonyl (C=O) groups excluding carboxylic acids is 2. The van der Waals surface area contributed by atoms with Gasteiger partial charge in [0.2, 0.25) is 12.2 Å². The summed E-state index contributed by atoms with van der Waals surface area (Å²) in [5, 5.41) is 61.9. The Kier molecular flexibility index (Phi) is 7.21. The molecule has 0 aliphatic carbocycles. The molecule has 23 heavy (non-hydrogen) atoms. The van der Waals surface area contributed by atoms with Gasteiger partial charge in [-0.2, -0.15) is 0 Å². The molecule has 1 unspecified atom stereocenters. The smallest absolute Gasteiger partial charge is 0.379 e. The Labute approximate surface area is 126 Å². The van der Waals surface area contributed by atoms with Crippen LogP contribution in [0.2, 0.25) is 0 Å². The van der Waals surface area contributed by atoms with Crippen LogP contribution in [0.3, 0.4) is 0 Å². The van der Waals surface area contributed by atoms with E-state index in [2.05, 4.69) is 4.74 Å². The standard InChI is InChI=1S/C10H12O13/c11-1(3(13)7(16)17)2(12)6(9(20)21)23-10(22)5(15)4(14)8(18)19/h1-4,6,11-14H,(H,16,17)(H,18,19)(H,20,21)/t1-,2-,3-,4?,6+/m0/s1. The molecule has 0 saturated carbocycles. The molecular weight excluding hydrogens is 328 g/mol. The third kappa shape index (κ3) is 5.26. The average Bonchev–Trinajstić information content (AvgIpc) is 2.47. The molecule has 13 nitrogen and oxygen atoms in total. The van der Waals surface area contributed by atoms with E-state index in [1.54, 1.807) is 0 Å². The van der Waals surface area contributed by atoms with E-state index in [4.69, 9.17) is 25.5 Å². The summed E-state index contributed by atoms with van der Waals surface area (Å²) in [7, 11) is 0.